The van der Waals surface area contributed by atoms with Crippen LogP contribution in [0.15, 0.2) is 60.7 Å². The molecule has 6 nitrogen and oxygen atoms in total. The maximum absolute atomic E-state index is 12.1. The lowest BCUT2D eigenvalue weighted by Gasteiger charge is -2.14. The third kappa shape index (κ3) is 5.62. The summed E-state index contributed by atoms with van der Waals surface area (Å²) in [5.41, 5.74) is 7.44. The molecule has 0 fully saturated rings. The molecule has 2 rings (SSSR count). The second kappa shape index (κ2) is 8.44. The number of benzene rings is 2. The third-order valence-electron chi connectivity index (χ3n) is 3.36. The number of rotatable bonds is 6. The van der Waals surface area contributed by atoms with Gasteiger partial charge in [-0.1, -0.05) is 42.5 Å². The maximum atomic E-state index is 12.1. The van der Waals surface area contributed by atoms with E-state index in [4.69, 9.17) is 5.73 Å². The van der Waals surface area contributed by atoms with Gasteiger partial charge >= 0.3 is 0 Å². The van der Waals surface area contributed by atoms with Gasteiger partial charge in [0.2, 0.25) is 17.7 Å². The Balaban J connectivity index is 2.01. The number of hydrogen-bond donors (Lipinski definition) is 3. The molecule has 0 aliphatic rings. The van der Waals surface area contributed by atoms with Crippen molar-refractivity contribution in [1.29, 1.82) is 0 Å². The van der Waals surface area contributed by atoms with E-state index in [1.54, 1.807) is 54.6 Å². The highest BCUT2D eigenvalue weighted by Crippen LogP contribution is 2.13. The molecule has 128 valence electrons. The minimum atomic E-state index is -0.888. The van der Waals surface area contributed by atoms with Crippen molar-refractivity contribution >= 4 is 29.5 Å². The van der Waals surface area contributed by atoms with Crippen LogP contribution in [0.4, 0.5) is 5.69 Å². The van der Waals surface area contributed by atoms with E-state index in [0.29, 0.717) is 11.3 Å². The summed E-state index contributed by atoms with van der Waals surface area (Å²) in [6.07, 6.45) is 2.93. The summed E-state index contributed by atoms with van der Waals surface area (Å²) >= 11 is 0. The van der Waals surface area contributed by atoms with Gasteiger partial charge in [-0.15, -0.1) is 0 Å². The fourth-order valence-electron chi connectivity index (χ4n) is 2.21. The molecule has 0 aliphatic heterocycles. The van der Waals surface area contributed by atoms with E-state index in [-0.39, 0.29) is 5.91 Å². The van der Waals surface area contributed by atoms with Crippen LogP contribution in [0.2, 0.25) is 0 Å². The summed E-state index contributed by atoms with van der Waals surface area (Å²) in [6, 6.07) is 14.9. The van der Waals surface area contributed by atoms with Crippen LogP contribution in [0.5, 0.6) is 0 Å². The highest BCUT2D eigenvalue weighted by Gasteiger charge is 2.18. The maximum Gasteiger partial charge on any atom is 0.244 e. The molecule has 0 saturated heterocycles. The average molecular weight is 337 g/mol. The van der Waals surface area contributed by atoms with Crippen LogP contribution >= 0.6 is 0 Å². The lowest BCUT2D eigenvalue weighted by atomic mass is 10.1. The first kappa shape index (κ1) is 17.9. The topological polar surface area (TPSA) is 101 Å². The zero-order valence-corrected chi connectivity index (χ0v) is 13.7. The van der Waals surface area contributed by atoms with E-state index in [2.05, 4.69) is 10.6 Å². The zero-order chi connectivity index (χ0) is 18.2. The van der Waals surface area contributed by atoms with Crippen molar-refractivity contribution in [2.75, 3.05) is 5.32 Å². The Kier molecular flexibility index (Phi) is 6.06. The van der Waals surface area contributed by atoms with E-state index in [1.807, 2.05) is 6.07 Å². The van der Waals surface area contributed by atoms with Crippen molar-refractivity contribution in [1.82, 2.24) is 5.32 Å². The molecule has 2 aromatic rings. The molecule has 3 amide bonds. The van der Waals surface area contributed by atoms with E-state index in [0.717, 1.165) is 5.56 Å². The monoisotopic (exact) mass is 337 g/mol. The fraction of sp³-hybridized carbons (Fsp3) is 0.105. The number of carbonyl (C=O) groups is 3. The number of amides is 3. The Morgan fingerprint density at radius 1 is 1.00 bits per heavy atom. The summed E-state index contributed by atoms with van der Waals surface area (Å²) in [5.74, 6) is -1.22. The van der Waals surface area contributed by atoms with Crippen LogP contribution in [-0.2, 0) is 14.4 Å². The van der Waals surface area contributed by atoms with Crippen molar-refractivity contribution in [3.8, 4) is 0 Å². The number of nitrogens with one attached hydrogen (secondary N) is 2. The quantitative estimate of drug-likeness (QED) is 0.703. The fourth-order valence-corrected chi connectivity index (χ4v) is 2.21. The SMILES string of the molecule is CC(=O)Nc1ccc(/C=C/C(=O)NC(C(N)=O)c2ccccc2)cc1. The van der Waals surface area contributed by atoms with E-state index in [9.17, 15) is 14.4 Å². The first-order valence-electron chi connectivity index (χ1n) is 7.66. The molecular weight excluding hydrogens is 318 g/mol. The molecule has 0 spiro atoms. The molecule has 1 atom stereocenters. The standard InChI is InChI=1S/C19H19N3O3/c1-13(23)21-16-10-7-14(8-11-16)9-12-17(24)22-18(19(20)25)15-5-3-2-4-6-15/h2-12,18H,1H3,(H2,20,25)(H,21,23)(H,22,24)/b12-9+. The molecule has 0 radical (unpaired) electrons. The second-order valence-corrected chi connectivity index (χ2v) is 5.39. The number of hydrogen-bond acceptors (Lipinski definition) is 3. The second-order valence-electron chi connectivity index (χ2n) is 5.39. The predicted octanol–water partition coefficient (Wildman–Crippen LogP) is 2.00. The Morgan fingerprint density at radius 2 is 1.64 bits per heavy atom. The number of primary amides is 1. The van der Waals surface area contributed by atoms with Crippen molar-refractivity contribution in [3.05, 3.63) is 71.8 Å². The highest BCUT2D eigenvalue weighted by molar-refractivity contribution is 5.95. The Labute approximate surface area is 145 Å². The molecule has 0 aliphatic carbocycles. The van der Waals surface area contributed by atoms with Crippen LogP contribution in [0, 0.1) is 0 Å². The average Bonchev–Trinajstić information content (AvgIpc) is 2.59. The zero-order valence-electron chi connectivity index (χ0n) is 13.7. The minimum Gasteiger partial charge on any atom is -0.368 e. The van der Waals surface area contributed by atoms with Gasteiger partial charge in [-0.3, -0.25) is 14.4 Å². The van der Waals surface area contributed by atoms with Gasteiger partial charge in [0.05, 0.1) is 0 Å². The summed E-state index contributed by atoms with van der Waals surface area (Å²) in [4.78, 5) is 34.6. The van der Waals surface area contributed by atoms with Crippen LogP contribution in [-0.4, -0.2) is 17.7 Å². The lowest BCUT2D eigenvalue weighted by molar-refractivity contribution is -0.125. The van der Waals surface area contributed by atoms with Crippen LogP contribution in [0.3, 0.4) is 0 Å². The largest absolute Gasteiger partial charge is 0.368 e. The number of carbonyl (C=O) groups excluding carboxylic acids is 3. The molecule has 25 heavy (non-hydrogen) atoms. The van der Waals surface area contributed by atoms with Crippen molar-refractivity contribution in [2.24, 2.45) is 5.73 Å². The predicted molar refractivity (Wildman–Crippen MR) is 96.3 cm³/mol. The van der Waals surface area contributed by atoms with Crippen LogP contribution in [0.25, 0.3) is 6.08 Å². The van der Waals surface area contributed by atoms with Crippen LogP contribution in [0.1, 0.15) is 24.1 Å². The molecule has 0 bridgehead atoms. The van der Waals surface area contributed by atoms with E-state index < -0.39 is 17.9 Å². The summed E-state index contributed by atoms with van der Waals surface area (Å²) in [6.45, 7) is 1.43. The van der Waals surface area contributed by atoms with E-state index in [1.165, 1.54) is 13.0 Å². The van der Waals surface area contributed by atoms with Gasteiger partial charge in [-0.05, 0) is 29.3 Å². The molecular formula is C19H19N3O3. The normalized spacial score (nSPS) is 11.7. The Hall–Kier alpha value is -3.41. The van der Waals surface area contributed by atoms with Gasteiger partial charge < -0.3 is 16.4 Å². The van der Waals surface area contributed by atoms with Gasteiger partial charge in [0.1, 0.15) is 6.04 Å². The van der Waals surface area contributed by atoms with E-state index >= 15 is 0 Å². The molecule has 2 aromatic carbocycles. The number of anilines is 1. The Bertz CT molecular complexity index is 783. The molecule has 4 N–H and O–H groups in total. The van der Waals surface area contributed by atoms with Gasteiger partial charge in [0.25, 0.3) is 0 Å². The van der Waals surface area contributed by atoms with Crippen molar-refractivity contribution in [2.45, 2.75) is 13.0 Å². The van der Waals surface area contributed by atoms with Gasteiger partial charge in [-0.2, -0.15) is 0 Å². The molecule has 1 unspecified atom stereocenters. The minimum absolute atomic E-state index is 0.152. The van der Waals surface area contributed by atoms with Gasteiger partial charge in [0.15, 0.2) is 0 Å². The van der Waals surface area contributed by atoms with Gasteiger partial charge in [0, 0.05) is 18.7 Å². The molecule has 0 heterocycles. The third-order valence-corrected chi connectivity index (χ3v) is 3.36. The van der Waals surface area contributed by atoms with Gasteiger partial charge in [-0.25, -0.2) is 0 Å². The molecule has 0 saturated carbocycles. The summed E-state index contributed by atoms with van der Waals surface area (Å²) in [5, 5.41) is 5.24. The first-order valence-corrected chi connectivity index (χ1v) is 7.66. The van der Waals surface area contributed by atoms with Crippen molar-refractivity contribution < 1.29 is 14.4 Å². The van der Waals surface area contributed by atoms with Crippen LogP contribution < -0.4 is 16.4 Å². The summed E-state index contributed by atoms with van der Waals surface area (Å²) in [7, 11) is 0. The molecule has 6 heteroatoms. The first-order chi connectivity index (χ1) is 12.0. The summed E-state index contributed by atoms with van der Waals surface area (Å²) < 4.78 is 0. The van der Waals surface area contributed by atoms with Crippen molar-refractivity contribution in [3.63, 3.8) is 0 Å². The lowest BCUT2D eigenvalue weighted by Crippen LogP contribution is -2.36. The highest BCUT2D eigenvalue weighted by atomic mass is 16.2. The Morgan fingerprint density at radius 3 is 2.20 bits per heavy atom. The smallest absolute Gasteiger partial charge is 0.244 e. The molecule has 0 aromatic heterocycles. The number of nitrogens with two attached hydrogens (primary N) is 1.